The number of aliphatic carboxylic acids is 1. The molecular weight excluding hydrogens is 801 g/mol. The van der Waals surface area contributed by atoms with Gasteiger partial charge in [0.1, 0.15) is 11.3 Å². The summed E-state index contributed by atoms with van der Waals surface area (Å²) in [6.45, 7) is 12.8. The number of carboxylic acids is 1. The summed E-state index contributed by atoms with van der Waals surface area (Å²) in [5.74, 6) is -1.40. The molecule has 0 spiro atoms. The summed E-state index contributed by atoms with van der Waals surface area (Å²) < 4.78 is 69.7. The molecule has 0 radical (unpaired) electrons. The molecule has 6 N–H and O–H groups in total. The summed E-state index contributed by atoms with van der Waals surface area (Å²) in [6.07, 6.45) is -1.78. The number of nitrogen functional groups attached to an aromatic ring is 1. The Kier molecular flexibility index (Phi) is 9.48. The SMILES string of the molecule is CC(C)(C)c1cc2cc(N)cnc2[nH]1.CC(C)(C)c1cc2cc(NC(=O)C3(c4ccc5c(c4)OC(F)(F)O5)CC3)cnc2[nH]1.O=C(O)C1(c2ccc3c(c2)OC(F)(F)O3)CC1. The number of nitrogens with one attached hydrogen (secondary N) is 3. The number of nitrogens with zero attached hydrogens (tertiary/aromatic N) is 2. The number of rotatable bonds is 5. The third kappa shape index (κ3) is 8.20. The quantitative estimate of drug-likeness (QED) is 0.105. The highest BCUT2D eigenvalue weighted by Crippen LogP contribution is 2.53. The van der Waals surface area contributed by atoms with Gasteiger partial charge < -0.3 is 45.1 Å². The predicted molar refractivity (Wildman–Crippen MR) is 217 cm³/mol. The van der Waals surface area contributed by atoms with Gasteiger partial charge in [0.15, 0.2) is 23.0 Å². The Morgan fingerprint density at radius 3 is 1.56 bits per heavy atom. The second kappa shape index (κ2) is 14.0. The summed E-state index contributed by atoms with van der Waals surface area (Å²) in [4.78, 5) is 39.4. The van der Waals surface area contributed by atoms with E-state index >= 15 is 0 Å². The Hall–Kier alpha value is -6.52. The normalized spacial score (nSPS) is 18.1. The number of halogens is 4. The highest BCUT2D eigenvalue weighted by Gasteiger charge is 2.54. The van der Waals surface area contributed by atoms with Crippen LogP contribution in [0.1, 0.15) is 89.7 Å². The molecule has 2 aromatic carbocycles. The zero-order valence-corrected chi connectivity index (χ0v) is 34.1. The highest BCUT2D eigenvalue weighted by molar-refractivity contribution is 6.02. The average molecular weight is 845 g/mol. The first kappa shape index (κ1) is 41.2. The predicted octanol–water partition coefficient (Wildman–Crippen LogP) is 9.42. The standard InChI is InChI=1S/C22H21F2N3O3.C11H8F2O4.C11H15N3/c1-20(2,3)17-9-12-8-14(11-25-18(12)27-17)26-19(28)21(6-7-21)13-4-5-15-16(10-13)30-22(23,24)29-15;12-11(13)16-7-2-1-6(5-8(7)17-11)10(3-4-10)9(14)15;1-11(2,3)9-5-7-4-8(12)6-13-10(7)14-9/h4-5,8-11H,6-7H2,1-3H3,(H,25,27)(H,26,28);1-2,5H,3-4H2,(H,14,15);4-6H,12H2,1-3H3,(H,13,14). The fourth-order valence-corrected chi connectivity index (χ4v) is 7.19. The lowest BCUT2D eigenvalue weighted by Gasteiger charge is -2.16. The Balaban J connectivity index is 0.000000140. The van der Waals surface area contributed by atoms with Gasteiger partial charge in [-0.2, -0.15) is 0 Å². The number of fused-ring (bicyclic) bond motifs is 4. The summed E-state index contributed by atoms with van der Waals surface area (Å²) in [6, 6.07) is 16.6. The maximum Gasteiger partial charge on any atom is 0.586 e. The number of anilines is 2. The van der Waals surface area contributed by atoms with Crippen molar-refractivity contribution in [3.05, 3.63) is 95.6 Å². The average Bonchev–Trinajstić information content (AvgIpc) is 3.98. The van der Waals surface area contributed by atoms with E-state index < -0.39 is 29.4 Å². The van der Waals surface area contributed by atoms with Crippen molar-refractivity contribution in [1.29, 1.82) is 0 Å². The lowest BCUT2D eigenvalue weighted by Crippen LogP contribution is -2.28. The number of pyridine rings is 2. The monoisotopic (exact) mass is 844 g/mol. The molecule has 2 fully saturated rings. The molecule has 320 valence electrons. The van der Waals surface area contributed by atoms with Crippen LogP contribution in [0.5, 0.6) is 23.0 Å². The smallest absolute Gasteiger partial charge is 0.481 e. The number of amides is 1. The summed E-state index contributed by atoms with van der Waals surface area (Å²) >= 11 is 0. The molecule has 4 aromatic heterocycles. The molecule has 13 nitrogen and oxygen atoms in total. The molecule has 6 heterocycles. The van der Waals surface area contributed by atoms with Crippen molar-refractivity contribution >= 4 is 45.3 Å². The van der Waals surface area contributed by atoms with Crippen LogP contribution in [0, 0.1) is 0 Å². The minimum Gasteiger partial charge on any atom is -0.481 e. The molecule has 0 saturated heterocycles. The van der Waals surface area contributed by atoms with Crippen LogP contribution >= 0.6 is 0 Å². The molecule has 2 aliphatic carbocycles. The van der Waals surface area contributed by atoms with Crippen molar-refractivity contribution in [3.63, 3.8) is 0 Å². The number of carbonyl (C=O) groups is 2. The molecule has 1 amide bonds. The fourth-order valence-electron chi connectivity index (χ4n) is 7.19. The van der Waals surface area contributed by atoms with Gasteiger partial charge in [0.2, 0.25) is 5.91 Å². The molecule has 6 aromatic rings. The molecule has 61 heavy (non-hydrogen) atoms. The zero-order valence-electron chi connectivity index (χ0n) is 34.1. The van der Waals surface area contributed by atoms with Crippen LogP contribution in [0.3, 0.4) is 0 Å². The number of hydrogen-bond acceptors (Lipinski definition) is 9. The molecule has 0 bridgehead atoms. The van der Waals surface area contributed by atoms with Crippen LogP contribution in [-0.2, 0) is 31.2 Å². The largest absolute Gasteiger partial charge is 0.586 e. The summed E-state index contributed by atoms with van der Waals surface area (Å²) in [5.41, 5.74) is 10.4. The van der Waals surface area contributed by atoms with E-state index in [-0.39, 0.29) is 39.7 Å². The van der Waals surface area contributed by atoms with Crippen LogP contribution in [0.25, 0.3) is 22.1 Å². The van der Waals surface area contributed by atoms with Gasteiger partial charge in [0.25, 0.3) is 0 Å². The molecular formula is C44H44F4N6O7. The number of alkyl halides is 4. The Bertz CT molecular complexity index is 2710. The Labute approximate surface area is 347 Å². The van der Waals surface area contributed by atoms with Gasteiger partial charge in [-0.05, 0) is 85.3 Å². The van der Waals surface area contributed by atoms with E-state index in [1.165, 1.54) is 36.0 Å². The van der Waals surface area contributed by atoms with E-state index in [0.717, 1.165) is 27.8 Å². The van der Waals surface area contributed by atoms with E-state index in [0.29, 0.717) is 48.2 Å². The molecule has 0 unspecified atom stereocenters. The fraction of sp³-hybridized carbons (Fsp3) is 0.364. The zero-order chi connectivity index (χ0) is 43.9. The van der Waals surface area contributed by atoms with Crippen molar-refractivity contribution in [3.8, 4) is 23.0 Å². The van der Waals surface area contributed by atoms with Crippen LogP contribution in [-0.4, -0.2) is 49.5 Å². The molecule has 4 aliphatic rings. The number of aromatic nitrogens is 4. The first-order valence-corrected chi connectivity index (χ1v) is 19.6. The first-order chi connectivity index (χ1) is 28.5. The van der Waals surface area contributed by atoms with Gasteiger partial charge in [0.05, 0.1) is 34.6 Å². The first-order valence-electron chi connectivity index (χ1n) is 19.6. The minimum absolute atomic E-state index is 0.0308. The number of ether oxygens (including phenoxy) is 4. The van der Waals surface area contributed by atoms with E-state index in [1.54, 1.807) is 18.5 Å². The van der Waals surface area contributed by atoms with Gasteiger partial charge in [-0.3, -0.25) is 9.59 Å². The molecule has 2 aliphatic heterocycles. The number of H-pyrrole nitrogens is 2. The number of nitrogens with two attached hydrogens (primary N) is 1. The van der Waals surface area contributed by atoms with Gasteiger partial charge in [0, 0.05) is 33.0 Å². The third-order valence-corrected chi connectivity index (χ3v) is 11.1. The van der Waals surface area contributed by atoms with Crippen molar-refractivity contribution in [1.82, 2.24) is 19.9 Å². The molecule has 2 saturated carbocycles. The maximum absolute atomic E-state index is 13.3. The molecule has 10 rings (SSSR count). The number of hydrogen-bond donors (Lipinski definition) is 5. The third-order valence-electron chi connectivity index (χ3n) is 11.1. The number of benzene rings is 2. The molecule has 0 atom stereocenters. The number of aromatic amines is 2. The van der Waals surface area contributed by atoms with Gasteiger partial charge in [-0.15, -0.1) is 17.6 Å². The van der Waals surface area contributed by atoms with Crippen molar-refractivity contribution in [2.24, 2.45) is 0 Å². The van der Waals surface area contributed by atoms with Crippen LogP contribution in [0.15, 0.2) is 73.1 Å². The van der Waals surface area contributed by atoms with Gasteiger partial charge in [-0.1, -0.05) is 53.7 Å². The lowest BCUT2D eigenvalue weighted by atomic mass is 9.92. The van der Waals surface area contributed by atoms with E-state index in [1.807, 2.05) is 18.2 Å². The second-order valence-corrected chi connectivity index (χ2v) is 17.8. The summed E-state index contributed by atoms with van der Waals surface area (Å²) in [7, 11) is 0. The van der Waals surface area contributed by atoms with Crippen molar-refractivity contribution in [2.75, 3.05) is 11.1 Å². The van der Waals surface area contributed by atoms with Crippen LogP contribution in [0.4, 0.5) is 28.9 Å². The highest BCUT2D eigenvalue weighted by atomic mass is 19.3. The van der Waals surface area contributed by atoms with Crippen molar-refractivity contribution < 1.29 is 51.2 Å². The van der Waals surface area contributed by atoms with Crippen molar-refractivity contribution in [2.45, 2.75) is 101 Å². The van der Waals surface area contributed by atoms with E-state index in [9.17, 15) is 27.2 Å². The lowest BCUT2D eigenvalue weighted by molar-refractivity contribution is -0.287. The van der Waals surface area contributed by atoms with E-state index in [4.69, 9.17) is 10.8 Å². The second-order valence-electron chi connectivity index (χ2n) is 17.8. The number of carboxylic acid groups (broad SMARTS) is 1. The van der Waals surface area contributed by atoms with E-state index in [2.05, 4.69) is 91.8 Å². The summed E-state index contributed by atoms with van der Waals surface area (Å²) in [5, 5.41) is 14.0. The minimum atomic E-state index is -3.68. The topological polar surface area (TPSA) is 187 Å². The van der Waals surface area contributed by atoms with Gasteiger partial charge >= 0.3 is 18.6 Å². The van der Waals surface area contributed by atoms with Crippen LogP contribution < -0.4 is 30.0 Å². The Morgan fingerprint density at radius 1 is 0.656 bits per heavy atom. The number of carbonyl (C=O) groups excluding carboxylic acids is 1. The molecule has 17 heteroatoms. The maximum atomic E-state index is 13.3. The van der Waals surface area contributed by atoms with Crippen LogP contribution in [0.2, 0.25) is 0 Å². The van der Waals surface area contributed by atoms with Gasteiger partial charge in [-0.25, -0.2) is 9.97 Å². The Morgan fingerprint density at radius 2 is 1.10 bits per heavy atom.